The van der Waals surface area contributed by atoms with Gasteiger partial charge >= 0.3 is 23.1 Å². The Morgan fingerprint density at radius 3 is 1.08 bits per heavy atom. The van der Waals surface area contributed by atoms with Crippen molar-refractivity contribution >= 4 is 35.0 Å². The van der Waals surface area contributed by atoms with Crippen LogP contribution in [0.4, 0.5) is 0 Å². The summed E-state index contributed by atoms with van der Waals surface area (Å²) in [5.74, 6) is -2.43. The molecule has 0 aromatic rings. The first-order valence-corrected chi connectivity index (χ1v) is 3.22. The number of carbonyl (C=O) groups is 2. The van der Waals surface area contributed by atoms with E-state index in [4.69, 9.17) is 11.5 Å². The third kappa shape index (κ3) is 18.5. The summed E-state index contributed by atoms with van der Waals surface area (Å²) in [5.41, 5.74) is 9.55. The third-order valence-corrected chi connectivity index (χ3v) is 0.744. The minimum Gasteiger partial charge on any atom is -0.548 e. The molecule has 2 atom stereocenters. The zero-order valence-electron chi connectivity index (χ0n) is 7.65. The number of rotatable bonds is 2. The summed E-state index contributed by atoms with van der Waals surface area (Å²) in [7, 11) is 0. The van der Waals surface area contributed by atoms with Crippen LogP contribution in [0.3, 0.4) is 0 Å². The van der Waals surface area contributed by atoms with Gasteiger partial charge in [0.15, 0.2) is 0 Å². The maximum Gasteiger partial charge on any atom is 2.00 e. The molecule has 0 aliphatic carbocycles. The summed E-state index contributed by atoms with van der Waals surface area (Å²) >= 11 is 0. The quantitative estimate of drug-likeness (QED) is 0.434. The third-order valence-electron chi connectivity index (χ3n) is 0.744. The Morgan fingerprint density at radius 1 is 1.00 bits per heavy atom. The number of carbonyl (C=O) groups excluding carboxylic acids is 2. The van der Waals surface area contributed by atoms with Crippen LogP contribution in [-0.2, 0) is 9.59 Å². The summed E-state index contributed by atoms with van der Waals surface area (Å²) < 4.78 is 0. The van der Waals surface area contributed by atoms with Gasteiger partial charge in [0.1, 0.15) is 0 Å². The van der Waals surface area contributed by atoms with E-state index in [2.05, 4.69) is 0 Å². The summed E-state index contributed by atoms with van der Waals surface area (Å²) in [4.78, 5) is 18.9. The zero-order valence-corrected chi connectivity index (χ0v) is 9.06. The van der Waals surface area contributed by atoms with E-state index in [1.807, 2.05) is 0 Å². The van der Waals surface area contributed by atoms with E-state index in [1.54, 1.807) is 0 Å². The van der Waals surface area contributed by atoms with Crippen LogP contribution >= 0.6 is 0 Å². The van der Waals surface area contributed by atoms with Gasteiger partial charge in [0.25, 0.3) is 0 Å². The number of hydrogen-bond acceptors (Lipinski definition) is 6. The molecule has 7 heteroatoms. The maximum absolute atomic E-state index is 9.46. The Bertz CT molecular complexity index is 143. The van der Waals surface area contributed by atoms with Crippen molar-refractivity contribution in [2.75, 3.05) is 0 Å². The second-order valence-electron chi connectivity index (χ2n) is 2.22. The van der Waals surface area contributed by atoms with Gasteiger partial charge in [-0.15, -0.1) is 0 Å². The molecule has 0 saturated carbocycles. The van der Waals surface area contributed by atoms with Crippen LogP contribution < -0.4 is 21.7 Å². The first-order chi connectivity index (χ1) is 5.29. The average molecular weight is 200 g/mol. The van der Waals surface area contributed by atoms with Crippen LogP contribution in [0.25, 0.3) is 0 Å². The van der Waals surface area contributed by atoms with Gasteiger partial charge in [0.2, 0.25) is 0 Å². The van der Waals surface area contributed by atoms with E-state index >= 15 is 0 Å². The molecular formula is C6H12MgN2O4. The molecule has 0 aliphatic rings. The molecule has 0 rings (SSSR count). The Morgan fingerprint density at radius 2 is 1.08 bits per heavy atom. The van der Waals surface area contributed by atoms with Crippen molar-refractivity contribution in [1.82, 2.24) is 0 Å². The van der Waals surface area contributed by atoms with Gasteiger partial charge in [-0.1, -0.05) is 0 Å². The number of hydrogen-bond donors (Lipinski definition) is 2. The molecule has 72 valence electrons. The Balaban J connectivity index is -0.000000143. The van der Waals surface area contributed by atoms with Crippen LogP contribution in [0.1, 0.15) is 13.8 Å². The van der Waals surface area contributed by atoms with E-state index in [-0.39, 0.29) is 23.1 Å². The molecule has 0 aliphatic heterocycles. The van der Waals surface area contributed by atoms with Gasteiger partial charge in [-0.25, -0.2) is 0 Å². The topological polar surface area (TPSA) is 132 Å². The van der Waals surface area contributed by atoms with Crippen molar-refractivity contribution < 1.29 is 19.8 Å². The van der Waals surface area contributed by atoms with E-state index < -0.39 is 24.0 Å². The summed E-state index contributed by atoms with van der Waals surface area (Å²) in [5, 5.41) is 18.9. The smallest absolute Gasteiger partial charge is 0.548 e. The molecule has 0 spiro atoms. The maximum atomic E-state index is 9.46. The SMILES string of the molecule is C[C@H](N)C(=O)[O-].C[C@H](N)C(=O)[O-].[Mg+2]. The number of carboxylic acids is 2. The summed E-state index contributed by atoms with van der Waals surface area (Å²) in [6, 6.07) is -1.69. The molecule has 0 saturated heterocycles. The number of carboxylic acid groups (broad SMARTS) is 2. The van der Waals surface area contributed by atoms with Crippen molar-refractivity contribution in [2.24, 2.45) is 11.5 Å². The molecule has 13 heavy (non-hydrogen) atoms. The second kappa shape index (κ2) is 9.71. The van der Waals surface area contributed by atoms with Crippen molar-refractivity contribution in [3.05, 3.63) is 0 Å². The summed E-state index contributed by atoms with van der Waals surface area (Å²) in [6.07, 6.45) is 0. The fraction of sp³-hybridized carbons (Fsp3) is 0.667. The predicted octanol–water partition coefficient (Wildman–Crippen LogP) is -4.21. The molecular weight excluding hydrogens is 188 g/mol. The minimum atomic E-state index is -1.21. The van der Waals surface area contributed by atoms with Gasteiger partial charge in [-0.05, 0) is 13.8 Å². The normalized spacial score (nSPS) is 12.6. The first-order valence-electron chi connectivity index (χ1n) is 3.22. The van der Waals surface area contributed by atoms with Crippen LogP contribution in [-0.4, -0.2) is 47.1 Å². The minimum absolute atomic E-state index is 0. The molecule has 0 aromatic heterocycles. The first kappa shape index (κ1) is 18.4. The van der Waals surface area contributed by atoms with Gasteiger partial charge in [0, 0.05) is 12.1 Å². The van der Waals surface area contributed by atoms with Crippen molar-refractivity contribution in [2.45, 2.75) is 25.9 Å². The standard InChI is InChI=1S/2C3H7NO2.Mg/c2*1-2(4)3(5)6;/h2*2H,4H2,1H3,(H,5,6);/q;;+2/p-2/t2*2-;/m00./s1. The number of nitrogens with two attached hydrogens (primary N) is 2. The molecule has 0 bridgehead atoms. The zero-order chi connectivity index (χ0) is 10.3. The Labute approximate surface area is 92.4 Å². The van der Waals surface area contributed by atoms with Crippen molar-refractivity contribution in [3.63, 3.8) is 0 Å². The predicted molar refractivity (Wildman–Crippen MR) is 43.1 cm³/mol. The van der Waals surface area contributed by atoms with Crippen molar-refractivity contribution in [3.8, 4) is 0 Å². The Hall–Kier alpha value is -0.374. The molecule has 6 nitrogen and oxygen atoms in total. The van der Waals surface area contributed by atoms with Crippen LogP contribution in [0.15, 0.2) is 0 Å². The fourth-order valence-corrected chi connectivity index (χ4v) is 0. The summed E-state index contributed by atoms with van der Waals surface area (Å²) in [6.45, 7) is 2.71. The van der Waals surface area contributed by atoms with Gasteiger partial charge in [0.05, 0.1) is 11.9 Å². The Kier molecular flexibility index (Phi) is 13.8. The van der Waals surface area contributed by atoms with Crippen molar-refractivity contribution in [1.29, 1.82) is 0 Å². The van der Waals surface area contributed by atoms with E-state index in [1.165, 1.54) is 13.8 Å². The largest absolute Gasteiger partial charge is 2.00 e. The van der Waals surface area contributed by atoms with Crippen LogP contribution in [0.2, 0.25) is 0 Å². The molecule has 0 radical (unpaired) electrons. The monoisotopic (exact) mass is 200 g/mol. The van der Waals surface area contributed by atoms with Gasteiger partial charge in [-0.3, -0.25) is 0 Å². The van der Waals surface area contributed by atoms with E-state index in [0.717, 1.165) is 0 Å². The molecule has 0 aromatic carbocycles. The second-order valence-corrected chi connectivity index (χ2v) is 2.22. The molecule has 4 N–H and O–H groups in total. The number of aliphatic carboxylic acids is 2. The van der Waals surface area contributed by atoms with Gasteiger partial charge in [-0.2, -0.15) is 0 Å². The van der Waals surface area contributed by atoms with Crippen LogP contribution in [0, 0.1) is 0 Å². The molecule has 0 heterocycles. The van der Waals surface area contributed by atoms with E-state index in [9.17, 15) is 19.8 Å². The average Bonchev–Trinajstić information content (AvgIpc) is 1.88. The van der Waals surface area contributed by atoms with Gasteiger partial charge < -0.3 is 31.3 Å². The fourth-order valence-electron chi connectivity index (χ4n) is 0. The van der Waals surface area contributed by atoms with Crippen LogP contribution in [0.5, 0.6) is 0 Å². The van der Waals surface area contributed by atoms with E-state index in [0.29, 0.717) is 0 Å². The molecule has 0 fully saturated rings. The molecule has 0 amide bonds. The molecule has 0 unspecified atom stereocenters.